The van der Waals surface area contributed by atoms with Gasteiger partial charge in [0.2, 0.25) is 5.95 Å². The molecule has 1 atom stereocenters. The van der Waals surface area contributed by atoms with E-state index in [-0.39, 0.29) is 11.6 Å². The summed E-state index contributed by atoms with van der Waals surface area (Å²) in [7, 11) is 0. The molecule has 150 valence electrons. The number of rotatable bonds is 5. The molecular weight excluding hydrogens is 376 g/mol. The van der Waals surface area contributed by atoms with Crippen LogP contribution >= 0.6 is 11.3 Å². The Balaban J connectivity index is 1.51. The molecule has 0 unspecified atom stereocenters. The Bertz CT molecular complexity index is 881. The van der Waals surface area contributed by atoms with Gasteiger partial charge in [-0.05, 0) is 32.2 Å². The monoisotopic (exact) mass is 402 g/mol. The maximum absolute atomic E-state index is 13.1. The van der Waals surface area contributed by atoms with Crippen molar-refractivity contribution in [2.75, 3.05) is 49.6 Å². The van der Waals surface area contributed by atoms with E-state index in [1.807, 2.05) is 0 Å². The van der Waals surface area contributed by atoms with E-state index in [1.54, 1.807) is 11.3 Å². The van der Waals surface area contributed by atoms with Crippen LogP contribution in [-0.4, -0.2) is 60.4 Å². The predicted molar refractivity (Wildman–Crippen MR) is 110 cm³/mol. The Morgan fingerprint density at radius 2 is 2.07 bits per heavy atom. The van der Waals surface area contributed by atoms with Crippen LogP contribution in [0.2, 0.25) is 0 Å². The van der Waals surface area contributed by atoms with Gasteiger partial charge in [0, 0.05) is 37.0 Å². The molecule has 0 radical (unpaired) electrons. The van der Waals surface area contributed by atoms with Crippen LogP contribution in [0.1, 0.15) is 37.3 Å². The molecule has 2 saturated heterocycles. The number of morpholine rings is 1. The molecule has 0 amide bonds. The highest BCUT2D eigenvalue weighted by molar-refractivity contribution is 7.13. The molecule has 5 rings (SSSR count). The maximum atomic E-state index is 13.1. The first-order valence-corrected chi connectivity index (χ1v) is 11.1. The fourth-order valence-corrected chi connectivity index (χ4v) is 4.77. The van der Waals surface area contributed by atoms with Gasteiger partial charge in [0.25, 0.3) is 5.56 Å². The van der Waals surface area contributed by atoms with Crippen LogP contribution in [0.25, 0.3) is 10.6 Å². The molecule has 2 aromatic rings. The van der Waals surface area contributed by atoms with Crippen molar-refractivity contribution in [3.05, 3.63) is 21.4 Å². The van der Waals surface area contributed by atoms with Crippen molar-refractivity contribution >= 4 is 23.1 Å². The Labute approximate surface area is 167 Å². The van der Waals surface area contributed by atoms with Gasteiger partial charge < -0.3 is 20.3 Å². The molecule has 3 aliphatic rings. The Kier molecular flexibility index (Phi) is 5.04. The van der Waals surface area contributed by atoms with Gasteiger partial charge in [0.1, 0.15) is 16.4 Å². The molecule has 3 N–H and O–H groups in total. The fourth-order valence-electron chi connectivity index (χ4n) is 3.83. The molecule has 28 heavy (non-hydrogen) atoms. The number of anilines is 2. The van der Waals surface area contributed by atoms with E-state index in [2.05, 4.69) is 25.9 Å². The summed E-state index contributed by atoms with van der Waals surface area (Å²) in [5.41, 5.74) is 1.56. The van der Waals surface area contributed by atoms with Crippen molar-refractivity contribution in [1.82, 2.24) is 20.3 Å². The largest absolute Gasteiger partial charge is 0.378 e. The second-order valence-corrected chi connectivity index (χ2v) is 8.61. The minimum absolute atomic E-state index is 0.126. The molecule has 1 aliphatic carbocycles. The molecule has 9 heteroatoms. The van der Waals surface area contributed by atoms with Crippen LogP contribution in [0.15, 0.2) is 10.2 Å². The summed E-state index contributed by atoms with van der Waals surface area (Å²) in [5, 5.41) is 9.81. The fraction of sp³-hybridized carbons (Fsp3) is 0.632. The lowest BCUT2D eigenvalue weighted by Crippen LogP contribution is -2.40. The standard InChI is InChI=1S/C19H26N6O2S/c26-17-15(18-22-14(11-28-18)12-3-4-12)16(21-13-2-1-5-20-10-13)23-19(24-17)25-6-8-27-9-7-25/h11-13,20H,1-10H2,(H2,21,23,24,26)/t13-/m1/s1. The van der Waals surface area contributed by atoms with E-state index in [0.29, 0.717) is 36.5 Å². The van der Waals surface area contributed by atoms with Crippen LogP contribution in [0.4, 0.5) is 11.8 Å². The number of thiazole rings is 1. The van der Waals surface area contributed by atoms with Crippen LogP contribution in [0, 0.1) is 0 Å². The Morgan fingerprint density at radius 3 is 2.82 bits per heavy atom. The summed E-state index contributed by atoms with van der Waals surface area (Å²) in [6.07, 6.45) is 4.59. The quantitative estimate of drug-likeness (QED) is 0.702. The van der Waals surface area contributed by atoms with Crippen molar-refractivity contribution in [1.29, 1.82) is 0 Å². The van der Waals surface area contributed by atoms with Crippen LogP contribution in [-0.2, 0) is 4.74 Å². The summed E-state index contributed by atoms with van der Waals surface area (Å²) in [4.78, 5) is 27.8. The lowest BCUT2D eigenvalue weighted by Gasteiger charge is -2.29. The number of H-pyrrole nitrogens is 1. The average molecular weight is 403 g/mol. The SMILES string of the molecule is O=c1[nH]c(N2CCOCC2)nc(N[C@@H]2CCCNC2)c1-c1nc(C2CC2)cs1. The number of ether oxygens (including phenoxy) is 1. The Morgan fingerprint density at radius 1 is 1.21 bits per heavy atom. The zero-order chi connectivity index (χ0) is 18.9. The topological polar surface area (TPSA) is 95.2 Å². The van der Waals surface area contributed by atoms with Crippen LogP contribution in [0.3, 0.4) is 0 Å². The smallest absolute Gasteiger partial charge is 0.264 e. The zero-order valence-corrected chi connectivity index (χ0v) is 16.7. The second kappa shape index (κ2) is 7.81. The van der Waals surface area contributed by atoms with Gasteiger partial charge in [0.15, 0.2) is 0 Å². The number of nitrogens with zero attached hydrogens (tertiary/aromatic N) is 3. The molecule has 2 aliphatic heterocycles. The van der Waals surface area contributed by atoms with E-state index in [4.69, 9.17) is 14.7 Å². The summed E-state index contributed by atoms with van der Waals surface area (Å²) in [6, 6.07) is 0.266. The summed E-state index contributed by atoms with van der Waals surface area (Å²) in [6.45, 7) is 4.69. The van der Waals surface area contributed by atoms with E-state index in [1.165, 1.54) is 12.8 Å². The minimum Gasteiger partial charge on any atom is -0.378 e. The lowest BCUT2D eigenvalue weighted by molar-refractivity contribution is 0.122. The molecule has 3 fully saturated rings. The van der Waals surface area contributed by atoms with Gasteiger partial charge >= 0.3 is 0 Å². The van der Waals surface area contributed by atoms with Gasteiger partial charge in [0.05, 0.1) is 18.9 Å². The summed E-state index contributed by atoms with van der Waals surface area (Å²) in [5.74, 6) is 1.83. The summed E-state index contributed by atoms with van der Waals surface area (Å²) < 4.78 is 5.43. The number of hydrogen-bond acceptors (Lipinski definition) is 8. The number of aromatic nitrogens is 3. The van der Waals surface area contributed by atoms with Crippen LogP contribution in [0.5, 0.6) is 0 Å². The molecule has 2 aromatic heterocycles. The number of hydrogen-bond donors (Lipinski definition) is 3. The predicted octanol–water partition coefficient (Wildman–Crippen LogP) is 1.77. The third-order valence-electron chi connectivity index (χ3n) is 5.59. The normalized spacial score (nSPS) is 23.0. The second-order valence-electron chi connectivity index (χ2n) is 7.75. The molecule has 8 nitrogen and oxygen atoms in total. The van der Waals surface area contributed by atoms with Gasteiger partial charge in [-0.2, -0.15) is 4.98 Å². The minimum atomic E-state index is -0.126. The third kappa shape index (κ3) is 3.78. The molecule has 1 saturated carbocycles. The van der Waals surface area contributed by atoms with Crippen molar-refractivity contribution in [2.45, 2.75) is 37.6 Å². The molecule has 0 spiro atoms. The van der Waals surface area contributed by atoms with Crippen molar-refractivity contribution in [2.24, 2.45) is 0 Å². The highest BCUT2D eigenvalue weighted by Crippen LogP contribution is 2.41. The lowest BCUT2D eigenvalue weighted by atomic mass is 10.1. The zero-order valence-electron chi connectivity index (χ0n) is 15.9. The number of aromatic amines is 1. The van der Waals surface area contributed by atoms with Crippen molar-refractivity contribution in [3.8, 4) is 10.6 Å². The first kappa shape index (κ1) is 18.1. The molecule has 0 aromatic carbocycles. The van der Waals surface area contributed by atoms with Crippen molar-refractivity contribution < 1.29 is 4.74 Å². The highest BCUT2D eigenvalue weighted by Gasteiger charge is 2.28. The van der Waals surface area contributed by atoms with Gasteiger partial charge in [-0.25, -0.2) is 4.98 Å². The molecular formula is C19H26N6O2S. The van der Waals surface area contributed by atoms with E-state index in [0.717, 1.165) is 49.7 Å². The highest BCUT2D eigenvalue weighted by atomic mass is 32.1. The van der Waals surface area contributed by atoms with Gasteiger partial charge in [-0.3, -0.25) is 9.78 Å². The van der Waals surface area contributed by atoms with Gasteiger partial charge in [-0.15, -0.1) is 11.3 Å². The van der Waals surface area contributed by atoms with E-state index >= 15 is 0 Å². The number of piperidine rings is 1. The first-order chi connectivity index (χ1) is 13.8. The molecule has 4 heterocycles. The van der Waals surface area contributed by atoms with E-state index < -0.39 is 0 Å². The average Bonchev–Trinajstić information content (AvgIpc) is 3.47. The number of nitrogens with one attached hydrogen (secondary N) is 3. The molecule has 0 bridgehead atoms. The van der Waals surface area contributed by atoms with Crippen molar-refractivity contribution in [3.63, 3.8) is 0 Å². The third-order valence-corrected chi connectivity index (χ3v) is 6.46. The van der Waals surface area contributed by atoms with Crippen LogP contribution < -0.4 is 21.1 Å². The maximum Gasteiger partial charge on any atom is 0.264 e. The van der Waals surface area contributed by atoms with Gasteiger partial charge in [-0.1, -0.05) is 0 Å². The Hall–Kier alpha value is -1.97. The van der Waals surface area contributed by atoms with E-state index in [9.17, 15) is 4.79 Å². The first-order valence-electron chi connectivity index (χ1n) is 10.2. The summed E-state index contributed by atoms with van der Waals surface area (Å²) >= 11 is 1.54.